The number of benzene rings is 2. The molecule has 0 atom stereocenters. The van der Waals surface area contributed by atoms with Gasteiger partial charge in [-0.25, -0.2) is 0 Å². The fraction of sp³-hybridized carbons (Fsp3) is 0.133. The lowest BCUT2D eigenvalue weighted by Crippen LogP contribution is -1.89. The van der Waals surface area contributed by atoms with Crippen molar-refractivity contribution in [1.29, 1.82) is 0 Å². The molecule has 3 aromatic rings. The largest absolute Gasteiger partial charge is 0.252 e. The summed E-state index contributed by atoms with van der Waals surface area (Å²) in [6, 6.07) is 14.8. The minimum absolute atomic E-state index is 1.11. The molecule has 0 aliphatic carbocycles. The number of pyridine rings is 1. The minimum Gasteiger partial charge on any atom is -0.252 e. The molecule has 1 heteroatoms. The van der Waals surface area contributed by atoms with Gasteiger partial charge in [-0.3, -0.25) is 4.98 Å². The lowest BCUT2D eigenvalue weighted by molar-refractivity contribution is 1.27. The zero-order chi connectivity index (χ0) is 11.1. The van der Waals surface area contributed by atoms with Crippen LogP contribution in [0.1, 0.15) is 11.3 Å². The molecule has 0 N–H and O–H groups in total. The molecule has 0 unspecified atom stereocenters. The van der Waals surface area contributed by atoms with Crippen LogP contribution in [0.5, 0.6) is 0 Å². The van der Waals surface area contributed by atoms with Gasteiger partial charge in [-0.05, 0) is 24.8 Å². The first-order valence-corrected chi connectivity index (χ1v) is 5.52. The number of fused-ring (bicyclic) bond motifs is 3. The fourth-order valence-electron chi connectivity index (χ4n) is 2.29. The van der Waals surface area contributed by atoms with Gasteiger partial charge in [-0.2, -0.15) is 0 Å². The predicted octanol–water partition coefficient (Wildman–Crippen LogP) is 4.00. The second-order valence-electron chi connectivity index (χ2n) is 4.21. The Labute approximate surface area is 94.7 Å². The molecule has 1 heterocycles. The zero-order valence-electron chi connectivity index (χ0n) is 9.49. The Hall–Kier alpha value is -1.89. The van der Waals surface area contributed by atoms with Crippen molar-refractivity contribution in [2.75, 3.05) is 0 Å². The first-order valence-electron chi connectivity index (χ1n) is 5.52. The molecule has 0 radical (unpaired) electrons. The topological polar surface area (TPSA) is 12.9 Å². The second-order valence-corrected chi connectivity index (χ2v) is 4.21. The molecular formula is C15H13N. The number of aromatic nitrogens is 1. The summed E-state index contributed by atoms with van der Waals surface area (Å²) in [5, 5.41) is 3.80. The van der Waals surface area contributed by atoms with Gasteiger partial charge in [0.15, 0.2) is 0 Å². The Morgan fingerprint density at radius 2 is 1.44 bits per heavy atom. The van der Waals surface area contributed by atoms with Gasteiger partial charge in [0.25, 0.3) is 0 Å². The molecule has 2 aromatic carbocycles. The first kappa shape index (κ1) is 9.34. The molecule has 1 aromatic heterocycles. The maximum Gasteiger partial charge on any atom is 0.0740 e. The van der Waals surface area contributed by atoms with Crippen LogP contribution in [0, 0.1) is 13.8 Å². The van der Waals surface area contributed by atoms with Crippen LogP contribution in [0.4, 0.5) is 0 Å². The summed E-state index contributed by atoms with van der Waals surface area (Å²) >= 11 is 0. The zero-order valence-corrected chi connectivity index (χ0v) is 9.49. The number of nitrogens with zero attached hydrogens (tertiary/aromatic N) is 1. The van der Waals surface area contributed by atoms with Crippen molar-refractivity contribution in [2.45, 2.75) is 13.8 Å². The third-order valence-corrected chi connectivity index (χ3v) is 3.12. The van der Waals surface area contributed by atoms with Gasteiger partial charge in [-0.15, -0.1) is 0 Å². The summed E-state index contributed by atoms with van der Waals surface area (Å²) in [7, 11) is 0. The normalized spacial score (nSPS) is 11.1. The van der Waals surface area contributed by atoms with E-state index < -0.39 is 0 Å². The van der Waals surface area contributed by atoms with Crippen LogP contribution in [0.15, 0.2) is 42.5 Å². The number of rotatable bonds is 0. The summed E-state index contributed by atoms with van der Waals surface area (Å²) in [5.41, 5.74) is 3.47. The summed E-state index contributed by atoms with van der Waals surface area (Å²) in [6.07, 6.45) is 0. The Kier molecular flexibility index (Phi) is 1.93. The van der Waals surface area contributed by atoms with Crippen LogP contribution in [0.2, 0.25) is 0 Å². The van der Waals surface area contributed by atoms with Crippen LogP contribution < -0.4 is 0 Å². The van der Waals surface area contributed by atoms with E-state index in [1.807, 2.05) is 0 Å². The average Bonchev–Trinajstić information content (AvgIpc) is 2.31. The summed E-state index contributed by atoms with van der Waals surface area (Å²) < 4.78 is 0. The highest BCUT2D eigenvalue weighted by molar-refractivity contribution is 6.07. The molecule has 0 aliphatic rings. The molecule has 0 spiro atoms. The fourth-order valence-corrected chi connectivity index (χ4v) is 2.29. The third kappa shape index (κ3) is 1.21. The summed E-state index contributed by atoms with van der Waals surface area (Å²) in [6.45, 7) is 4.19. The van der Waals surface area contributed by atoms with Crippen molar-refractivity contribution in [2.24, 2.45) is 0 Å². The predicted molar refractivity (Wildman–Crippen MR) is 68.7 cm³/mol. The average molecular weight is 207 g/mol. The van der Waals surface area contributed by atoms with E-state index in [0.29, 0.717) is 0 Å². The van der Waals surface area contributed by atoms with Crippen LogP contribution in [0.3, 0.4) is 0 Å². The summed E-state index contributed by atoms with van der Waals surface area (Å²) in [4.78, 5) is 4.70. The molecule has 0 bridgehead atoms. The molecule has 0 amide bonds. The number of aryl methyl sites for hydroxylation is 2. The Morgan fingerprint density at radius 1 is 0.750 bits per heavy atom. The highest BCUT2D eigenvalue weighted by Gasteiger charge is 2.05. The third-order valence-electron chi connectivity index (χ3n) is 3.12. The Balaban J connectivity index is 2.64. The Morgan fingerprint density at radius 3 is 2.25 bits per heavy atom. The number of hydrogen-bond acceptors (Lipinski definition) is 1. The van der Waals surface area contributed by atoms with Crippen molar-refractivity contribution in [3.63, 3.8) is 0 Å². The van der Waals surface area contributed by atoms with Crippen molar-refractivity contribution < 1.29 is 0 Å². The highest BCUT2D eigenvalue weighted by Crippen LogP contribution is 2.27. The number of para-hydroxylation sites is 1. The molecule has 0 fully saturated rings. The van der Waals surface area contributed by atoms with Gasteiger partial charge in [0.1, 0.15) is 0 Å². The number of hydrogen-bond donors (Lipinski definition) is 0. The smallest absolute Gasteiger partial charge is 0.0740 e. The van der Waals surface area contributed by atoms with Crippen molar-refractivity contribution in [3.8, 4) is 0 Å². The highest BCUT2D eigenvalue weighted by atomic mass is 14.7. The second kappa shape index (κ2) is 3.31. The van der Waals surface area contributed by atoms with Gasteiger partial charge in [-0.1, -0.05) is 42.5 Å². The lowest BCUT2D eigenvalue weighted by atomic mass is 10.0. The quantitative estimate of drug-likeness (QED) is 0.508. The maximum atomic E-state index is 4.70. The van der Waals surface area contributed by atoms with Crippen molar-refractivity contribution in [1.82, 2.24) is 4.98 Å². The monoisotopic (exact) mass is 207 g/mol. The molecule has 0 aliphatic heterocycles. The minimum atomic E-state index is 1.11. The van der Waals surface area contributed by atoms with Gasteiger partial charge in [0.05, 0.1) is 5.52 Å². The van der Waals surface area contributed by atoms with Crippen molar-refractivity contribution >= 4 is 21.7 Å². The molecule has 1 nitrogen and oxygen atoms in total. The first-order chi connectivity index (χ1) is 7.77. The molecule has 78 valence electrons. The van der Waals surface area contributed by atoms with E-state index in [9.17, 15) is 0 Å². The van der Waals surface area contributed by atoms with Crippen molar-refractivity contribution in [3.05, 3.63) is 53.7 Å². The van der Waals surface area contributed by atoms with E-state index in [1.54, 1.807) is 0 Å². The molecule has 3 rings (SSSR count). The van der Waals surface area contributed by atoms with Crippen LogP contribution in [0.25, 0.3) is 21.7 Å². The SMILES string of the molecule is Cc1nc2c(C)cccc2c2ccccc12. The maximum absolute atomic E-state index is 4.70. The standard InChI is InChI=1S/C15H13N/c1-10-6-5-9-14-13-8-4-3-7-12(13)11(2)16-15(10)14/h3-9H,1-2H3. The van der Waals surface area contributed by atoms with Crippen LogP contribution in [-0.2, 0) is 0 Å². The summed E-state index contributed by atoms with van der Waals surface area (Å²) in [5.74, 6) is 0. The van der Waals surface area contributed by atoms with E-state index in [-0.39, 0.29) is 0 Å². The Bertz CT molecular complexity index is 678. The molecule has 16 heavy (non-hydrogen) atoms. The van der Waals surface area contributed by atoms with E-state index in [2.05, 4.69) is 56.3 Å². The van der Waals surface area contributed by atoms with Gasteiger partial charge >= 0.3 is 0 Å². The molecular weight excluding hydrogens is 194 g/mol. The molecule has 0 saturated carbocycles. The van der Waals surface area contributed by atoms with E-state index in [1.165, 1.54) is 21.7 Å². The van der Waals surface area contributed by atoms with Gasteiger partial charge < -0.3 is 0 Å². The van der Waals surface area contributed by atoms with E-state index >= 15 is 0 Å². The van der Waals surface area contributed by atoms with Gasteiger partial charge in [0.2, 0.25) is 0 Å². The van der Waals surface area contributed by atoms with Crippen LogP contribution >= 0.6 is 0 Å². The van der Waals surface area contributed by atoms with E-state index in [0.717, 1.165) is 11.2 Å². The van der Waals surface area contributed by atoms with Gasteiger partial charge in [0, 0.05) is 16.5 Å². The van der Waals surface area contributed by atoms with Crippen LogP contribution in [-0.4, -0.2) is 4.98 Å². The van der Waals surface area contributed by atoms with E-state index in [4.69, 9.17) is 4.98 Å². The molecule has 0 saturated heterocycles. The lowest BCUT2D eigenvalue weighted by Gasteiger charge is -2.07.